The van der Waals surface area contributed by atoms with E-state index in [4.69, 9.17) is 9.47 Å². The number of hydrogen-bond acceptors (Lipinski definition) is 4. The van der Waals surface area contributed by atoms with Crippen LogP contribution in [-0.4, -0.2) is 24.7 Å². The highest BCUT2D eigenvalue weighted by Crippen LogP contribution is 2.36. The number of halogens is 1. The van der Waals surface area contributed by atoms with Crippen molar-refractivity contribution in [3.8, 4) is 5.75 Å². The zero-order valence-corrected chi connectivity index (χ0v) is 18.4. The quantitative estimate of drug-likeness (QED) is 0.647. The van der Waals surface area contributed by atoms with E-state index in [0.29, 0.717) is 12.1 Å². The number of aryl methyl sites for hydroxylation is 1. The first kappa shape index (κ1) is 22.6. The van der Waals surface area contributed by atoms with Gasteiger partial charge in [-0.05, 0) is 87.4 Å². The zero-order chi connectivity index (χ0) is 22.6. The predicted molar refractivity (Wildman–Crippen MR) is 118 cm³/mol. The number of benzene rings is 2. The van der Waals surface area contributed by atoms with Gasteiger partial charge in [-0.25, -0.2) is 9.18 Å². The number of hydrogen-bond donors (Lipinski definition) is 2. The van der Waals surface area contributed by atoms with Crippen LogP contribution in [0.5, 0.6) is 5.75 Å². The van der Waals surface area contributed by atoms with Gasteiger partial charge in [-0.1, -0.05) is 6.07 Å². The van der Waals surface area contributed by atoms with Crippen molar-refractivity contribution in [2.75, 3.05) is 17.7 Å². The highest BCUT2D eigenvalue weighted by atomic mass is 19.1. The minimum Gasteiger partial charge on any atom is -0.497 e. The molecule has 0 bridgehead atoms. The van der Waals surface area contributed by atoms with Crippen LogP contribution >= 0.6 is 0 Å². The average Bonchev–Trinajstić information content (AvgIpc) is 2.69. The SMILES string of the molecule is COc1ccc2c(c1)CCCC2CC(=O)Nc1ccc(F)c(NC(=O)OC(C)(C)C)c1. The van der Waals surface area contributed by atoms with Crippen molar-refractivity contribution in [2.45, 2.75) is 58.0 Å². The molecule has 0 saturated carbocycles. The van der Waals surface area contributed by atoms with Gasteiger partial charge < -0.3 is 14.8 Å². The van der Waals surface area contributed by atoms with Gasteiger partial charge in [0.25, 0.3) is 0 Å². The Hall–Kier alpha value is -3.09. The van der Waals surface area contributed by atoms with Crippen LogP contribution in [0.4, 0.5) is 20.6 Å². The van der Waals surface area contributed by atoms with E-state index in [9.17, 15) is 14.0 Å². The van der Waals surface area contributed by atoms with Gasteiger partial charge in [0.1, 0.15) is 17.2 Å². The first-order chi connectivity index (χ1) is 14.6. The zero-order valence-electron chi connectivity index (χ0n) is 18.4. The minimum absolute atomic E-state index is 0.0536. The Labute approximate surface area is 182 Å². The first-order valence-electron chi connectivity index (χ1n) is 10.4. The fourth-order valence-electron chi connectivity index (χ4n) is 3.78. The van der Waals surface area contributed by atoms with Crippen LogP contribution in [0.1, 0.15) is 57.1 Å². The lowest BCUT2D eigenvalue weighted by Gasteiger charge is -2.25. The molecule has 2 aromatic carbocycles. The van der Waals surface area contributed by atoms with Crippen LogP contribution in [0.15, 0.2) is 36.4 Å². The molecule has 31 heavy (non-hydrogen) atoms. The average molecular weight is 429 g/mol. The summed E-state index contributed by atoms with van der Waals surface area (Å²) in [5, 5.41) is 5.20. The van der Waals surface area contributed by atoms with Crippen molar-refractivity contribution < 1.29 is 23.5 Å². The lowest BCUT2D eigenvalue weighted by Crippen LogP contribution is -2.27. The van der Waals surface area contributed by atoms with Crippen LogP contribution in [-0.2, 0) is 16.0 Å². The van der Waals surface area contributed by atoms with E-state index in [1.54, 1.807) is 27.9 Å². The maximum Gasteiger partial charge on any atom is 0.412 e. The molecule has 1 atom stereocenters. The molecule has 0 fully saturated rings. The number of methoxy groups -OCH3 is 1. The molecule has 0 radical (unpaired) electrons. The molecule has 1 aliphatic carbocycles. The van der Waals surface area contributed by atoms with E-state index < -0.39 is 17.5 Å². The molecule has 0 heterocycles. The van der Waals surface area contributed by atoms with Crippen molar-refractivity contribution in [3.63, 3.8) is 0 Å². The molecule has 6 nitrogen and oxygen atoms in total. The molecule has 2 N–H and O–H groups in total. The Morgan fingerprint density at radius 2 is 1.90 bits per heavy atom. The van der Waals surface area contributed by atoms with Gasteiger partial charge in [-0.2, -0.15) is 0 Å². The van der Waals surface area contributed by atoms with Gasteiger partial charge in [0.15, 0.2) is 0 Å². The second-order valence-electron chi connectivity index (χ2n) is 8.73. The topological polar surface area (TPSA) is 76.7 Å². The molecule has 166 valence electrons. The molecular weight excluding hydrogens is 399 g/mol. The number of ether oxygens (including phenoxy) is 2. The third-order valence-corrected chi connectivity index (χ3v) is 5.11. The van der Waals surface area contributed by atoms with Gasteiger partial charge in [0.2, 0.25) is 5.91 Å². The summed E-state index contributed by atoms with van der Waals surface area (Å²) in [6.45, 7) is 5.16. The number of carbonyl (C=O) groups excluding carboxylic acids is 2. The smallest absolute Gasteiger partial charge is 0.412 e. The summed E-state index contributed by atoms with van der Waals surface area (Å²) >= 11 is 0. The van der Waals surface area contributed by atoms with E-state index in [-0.39, 0.29) is 17.5 Å². The molecule has 1 unspecified atom stereocenters. The molecule has 0 aliphatic heterocycles. The molecular formula is C24H29FN2O4. The number of anilines is 2. The van der Waals surface area contributed by atoms with Crippen molar-refractivity contribution in [1.82, 2.24) is 0 Å². The monoisotopic (exact) mass is 428 g/mol. The second-order valence-corrected chi connectivity index (χ2v) is 8.73. The van der Waals surface area contributed by atoms with E-state index in [2.05, 4.69) is 10.6 Å². The van der Waals surface area contributed by atoms with E-state index in [0.717, 1.165) is 25.0 Å². The predicted octanol–water partition coefficient (Wildman–Crippen LogP) is 5.63. The van der Waals surface area contributed by atoms with Gasteiger partial charge in [0.05, 0.1) is 12.8 Å². The molecule has 3 rings (SSSR count). The molecule has 2 amide bonds. The van der Waals surface area contributed by atoms with Crippen LogP contribution < -0.4 is 15.4 Å². The molecule has 2 aromatic rings. The summed E-state index contributed by atoms with van der Waals surface area (Å²) in [6, 6.07) is 10.0. The Bertz CT molecular complexity index is 969. The number of rotatable bonds is 5. The highest BCUT2D eigenvalue weighted by Gasteiger charge is 2.23. The normalized spacial score (nSPS) is 15.6. The van der Waals surface area contributed by atoms with Crippen LogP contribution in [0.2, 0.25) is 0 Å². The lowest BCUT2D eigenvalue weighted by atomic mass is 9.81. The summed E-state index contributed by atoms with van der Waals surface area (Å²) < 4.78 is 24.6. The van der Waals surface area contributed by atoms with Gasteiger partial charge in [-0.15, -0.1) is 0 Å². The molecule has 7 heteroatoms. The van der Waals surface area contributed by atoms with Crippen molar-refractivity contribution in [3.05, 3.63) is 53.3 Å². The Morgan fingerprint density at radius 1 is 1.13 bits per heavy atom. The van der Waals surface area contributed by atoms with Crippen LogP contribution in [0.25, 0.3) is 0 Å². The summed E-state index contributed by atoms with van der Waals surface area (Å²) in [6.07, 6.45) is 2.48. The summed E-state index contributed by atoms with van der Waals surface area (Å²) in [5.41, 5.74) is 2.04. The van der Waals surface area contributed by atoms with Crippen molar-refractivity contribution in [2.24, 2.45) is 0 Å². The molecule has 1 aliphatic rings. The lowest BCUT2D eigenvalue weighted by molar-refractivity contribution is -0.116. The summed E-state index contributed by atoms with van der Waals surface area (Å²) in [4.78, 5) is 24.6. The standard InChI is InChI=1S/C24H29FN2O4/c1-24(2,3)31-23(29)27-21-14-17(8-11-20(21)25)26-22(28)13-16-7-5-6-15-12-18(30-4)9-10-19(15)16/h8-12,14,16H,5-7,13H2,1-4H3,(H,26,28)(H,27,29). The number of nitrogens with one attached hydrogen (secondary N) is 2. The van der Waals surface area contributed by atoms with E-state index in [1.165, 1.54) is 29.3 Å². The molecule has 0 aromatic heterocycles. The maximum absolute atomic E-state index is 14.1. The minimum atomic E-state index is -0.760. The third-order valence-electron chi connectivity index (χ3n) is 5.11. The number of carbonyl (C=O) groups is 2. The van der Waals surface area contributed by atoms with Crippen molar-refractivity contribution in [1.29, 1.82) is 0 Å². The van der Waals surface area contributed by atoms with Crippen molar-refractivity contribution >= 4 is 23.4 Å². The molecule has 0 saturated heterocycles. The van der Waals surface area contributed by atoms with Gasteiger partial charge >= 0.3 is 6.09 Å². The Balaban J connectivity index is 1.66. The van der Waals surface area contributed by atoms with Gasteiger partial charge in [-0.3, -0.25) is 10.1 Å². The number of fused-ring (bicyclic) bond motifs is 1. The number of amides is 2. The Morgan fingerprint density at radius 3 is 2.61 bits per heavy atom. The second kappa shape index (κ2) is 9.37. The Kier molecular flexibility index (Phi) is 6.83. The fraction of sp³-hybridized carbons (Fsp3) is 0.417. The largest absolute Gasteiger partial charge is 0.497 e. The fourth-order valence-corrected chi connectivity index (χ4v) is 3.78. The van der Waals surface area contributed by atoms with Gasteiger partial charge in [0, 0.05) is 12.1 Å². The van der Waals surface area contributed by atoms with E-state index >= 15 is 0 Å². The summed E-state index contributed by atoms with van der Waals surface area (Å²) in [5.74, 6) is 0.164. The summed E-state index contributed by atoms with van der Waals surface area (Å²) in [7, 11) is 1.64. The molecule has 0 spiro atoms. The maximum atomic E-state index is 14.1. The first-order valence-corrected chi connectivity index (χ1v) is 10.4. The van der Waals surface area contributed by atoms with E-state index in [1.807, 2.05) is 18.2 Å². The van der Waals surface area contributed by atoms with Crippen LogP contribution in [0.3, 0.4) is 0 Å². The van der Waals surface area contributed by atoms with Crippen LogP contribution in [0, 0.1) is 5.82 Å². The third kappa shape index (κ3) is 6.20. The highest BCUT2D eigenvalue weighted by molar-refractivity contribution is 5.93.